The zero-order valence-corrected chi connectivity index (χ0v) is 20.6. The second-order valence-corrected chi connectivity index (χ2v) is 9.79. The number of H-pyrrole nitrogens is 1. The van der Waals surface area contributed by atoms with Crippen molar-refractivity contribution in [1.82, 2.24) is 19.9 Å². The maximum Gasteiger partial charge on any atom is 0.180 e. The Kier molecular flexibility index (Phi) is 5.66. The number of pyridine rings is 1. The van der Waals surface area contributed by atoms with Gasteiger partial charge in [-0.05, 0) is 66.4 Å². The SMILES string of the molecule is Cc1nc2nc(N)cc(C3Cc4cc(CN(C)Cc5cccc(-c6ccccc6)c5)ccc4N3)c2[nH]1. The summed E-state index contributed by atoms with van der Waals surface area (Å²) in [6.07, 6.45) is 0.905. The van der Waals surface area contributed by atoms with Crippen molar-refractivity contribution in [3.8, 4) is 11.1 Å². The molecule has 5 aromatic rings. The molecule has 0 saturated carbocycles. The lowest BCUT2D eigenvalue weighted by Crippen LogP contribution is -2.17. The van der Waals surface area contributed by atoms with Gasteiger partial charge in [0.05, 0.1) is 11.6 Å². The third-order valence-electron chi connectivity index (χ3n) is 6.87. The van der Waals surface area contributed by atoms with Crippen LogP contribution >= 0.6 is 0 Å². The first-order chi connectivity index (χ1) is 17.5. The number of nitrogens with two attached hydrogens (primary N) is 1. The molecule has 0 amide bonds. The van der Waals surface area contributed by atoms with E-state index < -0.39 is 0 Å². The first-order valence-electron chi connectivity index (χ1n) is 12.4. The van der Waals surface area contributed by atoms with Gasteiger partial charge in [-0.25, -0.2) is 9.97 Å². The summed E-state index contributed by atoms with van der Waals surface area (Å²) in [6.45, 7) is 3.73. The number of nitrogens with zero attached hydrogens (tertiary/aromatic N) is 3. The van der Waals surface area contributed by atoms with E-state index in [1.54, 1.807) is 0 Å². The number of aromatic amines is 1. The van der Waals surface area contributed by atoms with Crippen molar-refractivity contribution in [2.45, 2.75) is 32.5 Å². The van der Waals surface area contributed by atoms with Gasteiger partial charge >= 0.3 is 0 Å². The van der Waals surface area contributed by atoms with Crippen LogP contribution in [0.2, 0.25) is 0 Å². The standard InChI is InChI=1S/C30H30N6/c1-19-32-29-25(16-28(31)35-30(29)33-19)27-15-24-14-21(11-12-26(24)34-27)18-36(2)17-20-7-6-10-23(13-20)22-8-4-3-5-9-22/h3-14,16,27,34H,15,17-18H2,1-2H3,(H3,31,32,33,35). The molecule has 3 aromatic carbocycles. The highest BCUT2D eigenvalue weighted by atomic mass is 15.1. The number of fused-ring (bicyclic) bond motifs is 2. The van der Waals surface area contributed by atoms with Crippen LogP contribution in [0, 0.1) is 6.92 Å². The van der Waals surface area contributed by atoms with Crippen molar-refractivity contribution in [1.29, 1.82) is 0 Å². The molecular weight excluding hydrogens is 444 g/mol. The molecule has 4 N–H and O–H groups in total. The number of nitrogens with one attached hydrogen (secondary N) is 2. The molecule has 180 valence electrons. The minimum Gasteiger partial charge on any atom is -0.384 e. The fourth-order valence-electron chi connectivity index (χ4n) is 5.28. The van der Waals surface area contributed by atoms with Crippen molar-refractivity contribution in [2.75, 3.05) is 18.1 Å². The molecular formula is C30H30N6. The molecule has 0 spiro atoms. The highest BCUT2D eigenvalue weighted by Crippen LogP contribution is 2.37. The van der Waals surface area contributed by atoms with Crippen LogP contribution in [0.1, 0.15) is 34.1 Å². The first kappa shape index (κ1) is 22.3. The fraction of sp³-hybridized carbons (Fsp3) is 0.200. The Morgan fingerprint density at radius 3 is 2.50 bits per heavy atom. The predicted molar refractivity (Wildman–Crippen MR) is 147 cm³/mol. The van der Waals surface area contributed by atoms with Crippen molar-refractivity contribution < 1.29 is 0 Å². The van der Waals surface area contributed by atoms with Crippen LogP contribution in [-0.2, 0) is 19.5 Å². The lowest BCUT2D eigenvalue weighted by atomic mass is 10.0. The third kappa shape index (κ3) is 4.43. The van der Waals surface area contributed by atoms with Crippen molar-refractivity contribution in [3.63, 3.8) is 0 Å². The second kappa shape index (κ2) is 9.13. The summed E-state index contributed by atoms with van der Waals surface area (Å²) in [5.74, 6) is 1.35. The van der Waals surface area contributed by atoms with Crippen LogP contribution in [0.3, 0.4) is 0 Å². The van der Waals surface area contributed by atoms with Gasteiger partial charge in [-0.1, -0.05) is 60.7 Å². The molecule has 1 aliphatic heterocycles. The van der Waals surface area contributed by atoms with Crippen molar-refractivity contribution >= 4 is 22.7 Å². The average Bonchev–Trinajstić information content (AvgIpc) is 3.46. The van der Waals surface area contributed by atoms with Gasteiger partial charge in [0.25, 0.3) is 0 Å². The number of aromatic nitrogens is 3. The Bertz CT molecular complexity index is 1540. The molecule has 0 fully saturated rings. The van der Waals surface area contributed by atoms with Gasteiger partial charge in [0, 0.05) is 24.3 Å². The monoisotopic (exact) mass is 474 g/mol. The predicted octanol–water partition coefficient (Wildman–Crippen LogP) is 5.86. The number of hydrogen-bond acceptors (Lipinski definition) is 5. The summed E-state index contributed by atoms with van der Waals surface area (Å²) in [4.78, 5) is 14.6. The number of benzene rings is 3. The molecule has 3 heterocycles. The van der Waals surface area contributed by atoms with Crippen LogP contribution in [0.15, 0.2) is 78.9 Å². The summed E-state index contributed by atoms with van der Waals surface area (Å²) in [5, 5.41) is 3.68. The second-order valence-electron chi connectivity index (χ2n) is 9.79. The van der Waals surface area contributed by atoms with Gasteiger partial charge in [-0.3, -0.25) is 4.90 Å². The highest BCUT2D eigenvalue weighted by Gasteiger charge is 2.25. The lowest BCUT2D eigenvalue weighted by molar-refractivity contribution is 0.319. The van der Waals surface area contributed by atoms with E-state index >= 15 is 0 Å². The van der Waals surface area contributed by atoms with E-state index in [0.29, 0.717) is 11.5 Å². The van der Waals surface area contributed by atoms with Crippen LogP contribution in [0.5, 0.6) is 0 Å². The van der Waals surface area contributed by atoms with E-state index in [9.17, 15) is 0 Å². The summed E-state index contributed by atoms with van der Waals surface area (Å²) >= 11 is 0. The quantitative estimate of drug-likeness (QED) is 0.287. The normalized spacial score (nSPS) is 14.8. The molecule has 1 aliphatic rings. The number of aryl methyl sites for hydroxylation is 1. The largest absolute Gasteiger partial charge is 0.384 e. The van der Waals surface area contributed by atoms with Gasteiger partial charge in [0.2, 0.25) is 0 Å². The van der Waals surface area contributed by atoms with Gasteiger partial charge in [0.15, 0.2) is 5.65 Å². The molecule has 6 heteroatoms. The Morgan fingerprint density at radius 1 is 0.889 bits per heavy atom. The first-order valence-corrected chi connectivity index (χ1v) is 12.4. The van der Waals surface area contributed by atoms with Crippen LogP contribution in [0.4, 0.5) is 11.5 Å². The van der Waals surface area contributed by atoms with Gasteiger partial charge in [0.1, 0.15) is 11.6 Å². The zero-order chi connectivity index (χ0) is 24.6. The topological polar surface area (TPSA) is 82.9 Å². The van der Waals surface area contributed by atoms with E-state index in [1.807, 2.05) is 13.0 Å². The van der Waals surface area contributed by atoms with Gasteiger partial charge in [-0.2, -0.15) is 0 Å². The smallest absolute Gasteiger partial charge is 0.180 e. The van der Waals surface area contributed by atoms with Gasteiger partial charge < -0.3 is 16.0 Å². The molecule has 0 aliphatic carbocycles. The summed E-state index contributed by atoms with van der Waals surface area (Å²) in [5.41, 5.74) is 16.5. The molecule has 6 nitrogen and oxygen atoms in total. The summed E-state index contributed by atoms with van der Waals surface area (Å²) < 4.78 is 0. The maximum atomic E-state index is 6.09. The molecule has 0 radical (unpaired) electrons. The van der Waals surface area contributed by atoms with Crippen molar-refractivity contribution in [3.05, 3.63) is 107 Å². The molecule has 0 saturated heterocycles. The Morgan fingerprint density at radius 2 is 1.67 bits per heavy atom. The number of nitrogen functional groups attached to an aromatic ring is 1. The van der Waals surface area contributed by atoms with Crippen LogP contribution in [0.25, 0.3) is 22.3 Å². The Hall–Kier alpha value is -4.16. The lowest BCUT2D eigenvalue weighted by Gasteiger charge is -2.18. The van der Waals surface area contributed by atoms with E-state index in [4.69, 9.17) is 5.73 Å². The number of hydrogen-bond donors (Lipinski definition) is 3. The Labute approximate surface area is 211 Å². The molecule has 1 atom stereocenters. The van der Waals surface area contributed by atoms with Crippen LogP contribution < -0.4 is 11.1 Å². The van der Waals surface area contributed by atoms with Gasteiger partial charge in [-0.15, -0.1) is 0 Å². The zero-order valence-electron chi connectivity index (χ0n) is 20.6. The van der Waals surface area contributed by atoms with Crippen LogP contribution in [-0.4, -0.2) is 26.9 Å². The number of imidazole rings is 1. The third-order valence-corrected chi connectivity index (χ3v) is 6.87. The average molecular weight is 475 g/mol. The van der Waals surface area contributed by atoms with E-state index in [0.717, 1.165) is 36.4 Å². The van der Waals surface area contributed by atoms with E-state index in [-0.39, 0.29) is 6.04 Å². The molecule has 0 bridgehead atoms. The van der Waals surface area contributed by atoms with Crippen molar-refractivity contribution in [2.24, 2.45) is 0 Å². The van der Waals surface area contributed by atoms with E-state index in [2.05, 4.69) is 105 Å². The highest BCUT2D eigenvalue weighted by molar-refractivity contribution is 5.79. The molecule has 6 rings (SSSR count). The minimum absolute atomic E-state index is 0.140. The maximum absolute atomic E-state index is 6.09. The number of anilines is 2. The minimum atomic E-state index is 0.140. The molecule has 36 heavy (non-hydrogen) atoms. The summed E-state index contributed by atoms with van der Waals surface area (Å²) in [7, 11) is 2.18. The molecule has 2 aromatic heterocycles. The fourth-order valence-corrected chi connectivity index (χ4v) is 5.28. The summed E-state index contributed by atoms with van der Waals surface area (Å²) in [6, 6.07) is 28.2. The van der Waals surface area contributed by atoms with E-state index in [1.165, 1.54) is 33.5 Å². The Balaban J connectivity index is 1.16. The molecule has 1 unspecified atom stereocenters. The number of rotatable bonds is 6.